The smallest absolute Gasteiger partial charge is 0.306 e. The summed E-state index contributed by atoms with van der Waals surface area (Å²) < 4.78 is 0. The molecule has 0 aromatic carbocycles. The summed E-state index contributed by atoms with van der Waals surface area (Å²) in [6, 6.07) is 0. The fourth-order valence-corrected chi connectivity index (χ4v) is 1.31. The van der Waals surface area contributed by atoms with E-state index in [0.29, 0.717) is 5.92 Å². The van der Waals surface area contributed by atoms with Gasteiger partial charge in [0.05, 0.1) is 5.92 Å². The Labute approximate surface area is 155 Å². The van der Waals surface area contributed by atoms with E-state index in [4.69, 9.17) is 5.11 Å². The molecule has 4 nitrogen and oxygen atoms in total. The van der Waals surface area contributed by atoms with Crippen molar-refractivity contribution in [2.45, 2.75) is 76.7 Å². The first-order chi connectivity index (χ1) is 10.7. The van der Waals surface area contributed by atoms with E-state index in [0.717, 1.165) is 11.1 Å². The lowest BCUT2D eigenvalue weighted by atomic mass is 9.99. The number of Topliss-reactive ketones (excluding diaryl/α,β-unsaturated/α-hetero) is 1. The van der Waals surface area contributed by atoms with Crippen molar-refractivity contribution in [3.05, 3.63) is 23.3 Å². The predicted molar refractivity (Wildman–Crippen MR) is 108 cm³/mol. The van der Waals surface area contributed by atoms with Gasteiger partial charge in [0.15, 0.2) is 11.6 Å². The summed E-state index contributed by atoms with van der Waals surface area (Å²) in [5.41, 5.74) is 1.93. The van der Waals surface area contributed by atoms with Crippen molar-refractivity contribution >= 4 is 17.5 Å². The number of hydrogen-bond donors (Lipinski definition) is 1. The van der Waals surface area contributed by atoms with Crippen molar-refractivity contribution in [3.63, 3.8) is 0 Å². The van der Waals surface area contributed by atoms with E-state index in [1.165, 1.54) is 0 Å². The van der Waals surface area contributed by atoms with Crippen LogP contribution >= 0.6 is 0 Å². The Balaban J connectivity index is -0.000000131. The van der Waals surface area contributed by atoms with Gasteiger partial charge in [-0.1, -0.05) is 53.7 Å². The summed E-state index contributed by atoms with van der Waals surface area (Å²) in [7, 11) is 0. The van der Waals surface area contributed by atoms with E-state index in [1.54, 1.807) is 26.8 Å². The molecule has 0 heterocycles. The maximum atomic E-state index is 10.6. The topological polar surface area (TPSA) is 71.4 Å². The molecule has 1 atom stereocenters. The second-order valence-corrected chi connectivity index (χ2v) is 6.85. The van der Waals surface area contributed by atoms with E-state index >= 15 is 0 Å². The van der Waals surface area contributed by atoms with Crippen LogP contribution in [0.15, 0.2) is 23.3 Å². The molecule has 0 bridgehead atoms. The van der Waals surface area contributed by atoms with E-state index in [-0.39, 0.29) is 30.8 Å². The summed E-state index contributed by atoms with van der Waals surface area (Å²) in [5, 5.41) is 8.35. The number of rotatable bonds is 5. The molecule has 0 aliphatic rings. The lowest BCUT2D eigenvalue weighted by molar-refractivity contribution is -0.142. The second-order valence-electron chi connectivity index (χ2n) is 6.85. The van der Waals surface area contributed by atoms with Gasteiger partial charge in [0.2, 0.25) is 0 Å². The molecule has 4 heteroatoms. The molecule has 1 unspecified atom stereocenters. The summed E-state index contributed by atoms with van der Waals surface area (Å²) >= 11 is 0. The first-order valence-corrected chi connectivity index (χ1v) is 8.29. The third-order valence-corrected chi connectivity index (χ3v) is 3.02. The van der Waals surface area contributed by atoms with Crippen LogP contribution in [0.25, 0.3) is 0 Å². The van der Waals surface area contributed by atoms with Crippen LogP contribution in [0, 0.1) is 17.8 Å². The number of carboxylic acids is 1. The molecule has 0 fully saturated rings. The first-order valence-electron chi connectivity index (χ1n) is 8.29. The van der Waals surface area contributed by atoms with Crippen LogP contribution < -0.4 is 0 Å². The molecule has 0 aliphatic carbocycles. The average Bonchev–Trinajstić information content (AvgIpc) is 2.36. The molecule has 0 radical (unpaired) electrons. The minimum absolute atomic E-state index is 0. The number of aliphatic carboxylic acids is 1. The van der Waals surface area contributed by atoms with Crippen LogP contribution in [0.5, 0.6) is 0 Å². The molecular formula is C21H40O4. The van der Waals surface area contributed by atoms with Gasteiger partial charge in [-0.2, -0.15) is 0 Å². The lowest BCUT2D eigenvalue weighted by Crippen LogP contribution is -2.15. The van der Waals surface area contributed by atoms with Gasteiger partial charge in [-0.05, 0) is 58.1 Å². The fraction of sp³-hybridized carbons (Fsp3) is 0.667. The van der Waals surface area contributed by atoms with Crippen molar-refractivity contribution in [1.82, 2.24) is 0 Å². The van der Waals surface area contributed by atoms with Crippen molar-refractivity contribution in [2.75, 3.05) is 0 Å². The summed E-state index contributed by atoms with van der Waals surface area (Å²) in [6.07, 6.45) is 3.59. The van der Waals surface area contributed by atoms with Crippen LogP contribution in [-0.4, -0.2) is 22.6 Å². The van der Waals surface area contributed by atoms with Crippen LogP contribution in [0.1, 0.15) is 76.7 Å². The Morgan fingerprint density at radius 3 is 1.28 bits per heavy atom. The molecular weight excluding hydrogens is 316 g/mol. The number of hydrogen-bond acceptors (Lipinski definition) is 3. The normalized spacial score (nSPS) is 11.1. The quantitative estimate of drug-likeness (QED) is 0.640. The Kier molecular flexibility index (Phi) is 21.3. The van der Waals surface area contributed by atoms with Crippen molar-refractivity contribution in [2.24, 2.45) is 17.8 Å². The monoisotopic (exact) mass is 356 g/mol. The zero-order chi connectivity index (χ0) is 20.0. The lowest BCUT2D eigenvalue weighted by Gasteiger charge is -2.07. The molecule has 0 aromatic rings. The van der Waals surface area contributed by atoms with E-state index < -0.39 is 5.97 Å². The highest BCUT2D eigenvalue weighted by Gasteiger charge is 2.13. The van der Waals surface area contributed by atoms with Crippen molar-refractivity contribution in [3.8, 4) is 0 Å². The van der Waals surface area contributed by atoms with Gasteiger partial charge in [0, 0.05) is 0 Å². The minimum atomic E-state index is -0.708. The van der Waals surface area contributed by atoms with Crippen LogP contribution in [0.4, 0.5) is 0 Å². The molecule has 0 saturated heterocycles. The number of carboxylic acid groups (broad SMARTS) is 1. The molecule has 25 heavy (non-hydrogen) atoms. The zero-order valence-electron chi connectivity index (χ0n) is 17.1. The van der Waals surface area contributed by atoms with E-state index in [1.807, 2.05) is 40.7 Å². The third kappa shape index (κ3) is 27.4. The van der Waals surface area contributed by atoms with Gasteiger partial charge < -0.3 is 5.11 Å². The Morgan fingerprint density at radius 1 is 0.840 bits per heavy atom. The third-order valence-electron chi connectivity index (χ3n) is 3.02. The van der Waals surface area contributed by atoms with Gasteiger partial charge in [-0.15, -0.1) is 0 Å². The summed E-state index contributed by atoms with van der Waals surface area (Å²) in [4.78, 5) is 30.9. The van der Waals surface area contributed by atoms with Crippen LogP contribution in [0.2, 0.25) is 0 Å². The highest BCUT2D eigenvalue weighted by Crippen LogP contribution is 2.08. The van der Waals surface area contributed by atoms with Crippen LogP contribution in [0.3, 0.4) is 0 Å². The molecule has 0 aromatic heterocycles. The fourth-order valence-electron chi connectivity index (χ4n) is 1.31. The van der Waals surface area contributed by atoms with Gasteiger partial charge in [0.1, 0.15) is 0 Å². The largest absolute Gasteiger partial charge is 0.481 e. The number of carbonyl (C=O) groups is 3. The SMILES string of the molecule is C.CC(=O)/C(C)=C\C(C)C.CC(=O)C=C(C)C.CC(C)C(C)C(=O)O. The Bertz CT molecular complexity index is 451. The van der Waals surface area contributed by atoms with Gasteiger partial charge in [-0.3, -0.25) is 14.4 Å². The first kappa shape index (κ1) is 31.1. The molecule has 0 spiro atoms. The Hall–Kier alpha value is -1.71. The van der Waals surface area contributed by atoms with E-state index in [2.05, 4.69) is 13.8 Å². The zero-order valence-corrected chi connectivity index (χ0v) is 17.1. The number of allylic oxidation sites excluding steroid dienone is 4. The summed E-state index contributed by atoms with van der Waals surface area (Å²) in [6.45, 7) is 18.4. The van der Waals surface area contributed by atoms with Crippen molar-refractivity contribution in [1.29, 1.82) is 0 Å². The minimum Gasteiger partial charge on any atom is -0.481 e. The van der Waals surface area contributed by atoms with Gasteiger partial charge in [0.25, 0.3) is 0 Å². The second kappa shape index (κ2) is 17.1. The number of ketones is 2. The molecule has 1 N–H and O–H groups in total. The predicted octanol–water partition coefficient (Wildman–Crippen LogP) is 5.72. The summed E-state index contributed by atoms with van der Waals surface area (Å²) in [5.74, 6) is 0.0973. The highest BCUT2D eigenvalue weighted by atomic mass is 16.4. The van der Waals surface area contributed by atoms with Gasteiger partial charge >= 0.3 is 5.97 Å². The molecule has 0 rings (SSSR count). The standard InChI is InChI=1S/C8H14O.C6H12O2.C6H10O.CH4/c1-6(2)5-7(3)8(4)9;1-4(2)5(3)6(7)8;1-5(2)4-6(3)7;/h5-6H,1-4H3;4-5H,1-3H3,(H,7,8);4H,1-3H3;1H4/b7-5-;;;. The molecule has 148 valence electrons. The maximum Gasteiger partial charge on any atom is 0.306 e. The van der Waals surface area contributed by atoms with Crippen LogP contribution in [-0.2, 0) is 14.4 Å². The molecule has 0 aliphatic heterocycles. The highest BCUT2D eigenvalue weighted by molar-refractivity contribution is 5.92. The van der Waals surface area contributed by atoms with E-state index in [9.17, 15) is 14.4 Å². The molecule has 0 saturated carbocycles. The number of carbonyl (C=O) groups excluding carboxylic acids is 2. The maximum absolute atomic E-state index is 10.6. The van der Waals surface area contributed by atoms with Crippen molar-refractivity contribution < 1.29 is 19.5 Å². The molecule has 0 amide bonds. The van der Waals surface area contributed by atoms with Gasteiger partial charge in [-0.25, -0.2) is 0 Å². The average molecular weight is 357 g/mol. The Morgan fingerprint density at radius 2 is 1.24 bits per heavy atom.